The molecular formula is C12H10BrNOS. The molecule has 2 nitrogen and oxygen atoms in total. The van der Waals surface area contributed by atoms with E-state index in [0.29, 0.717) is 5.75 Å². The molecule has 0 bridgehead atoms. The minimum atomic E-state index is -0.991. The summed E-state index contributed by atoms with van der Waals surface area (Å²) in [5, 5.41) is 0. The van der Waals surface area contributed by atoms with E-state index in [9.17, 15) is 4.21 Å². The molecule has 1 aromatic heterocycles. The molecule has 1 heterocycles. The standard InChI is InChI=1S/C12H10BrNOS/c13-11-1-3-12(4-2-11)16(15)9-10-5-7-14-8-6-10/h1-8H,9H2. The molecule has 0 saturated carbocycles. The Balaban J connectivity index is 2.12. The number of nitrogens with zero attached hydrogens (tertiary/aromatic N) is 1. The first-order valence-corrected chi connectivity index (χ1v) is 6.90. The lowest BCUT2D eigenvalue weighted by molar-refractivity contribution is 0.682. The second-order valence-corrected chi connectivity index (χ2v) is 5.67. The zero-order valence-corrected chi connectivity index (χ0v) is 10.9. The van der Waals surface area contributed by atoms with E-state index < -0.39 is 10.8 Å². The van der Waals surface area contributed by atoms with E-state index in [1.807, 2.05) is 36.4 Å². The van der Waals surface area contributed by atoms with Crippen molar-refractivity contribution < 1.29 is 4.21 Å². The van der Waals surface area contributed by atoms with Crippen LogP contribution in [0.2, 0.25) is 0 Å². The van der Waals surface area contributed by atoms with Gasteiger partial charge in [0.2, 0.25) is 0 Å². The zero-order valence-electron chi connectivity index (χ0n) is 8.47. The first-order chi connectivity index (χ1) is 7.75. The molecule has 16 heavy (non-hydrogen) atoms. The molecule has 0 spiro atoms. The molecule has 82 valence electrons. The molecule has 4 heteroatoms. The molecule has 0 fully saturated rings. The summed E-state index contributed by atoms with van der Waals surface area (Å²) in [5.41, 5.74) is 1.04. The Morgan fingerprint density at radius 1 is 1.06 bits per heavy atom. The Morgan fingerprint density at radius 2 is 1.69 bits per heavy atom. The minimum Gasteiger partial charge on any atom is -0.265 e. The highest BCUT2D eigenvalue weighted by Gasteiger charge is 2.04. The SMILES string of the molecule is O=S(Cc1ccncc1)c1ccc(Br)cc1. The lowest BCUT2D eigenvalue weighted by Gasteiger charge is -2.02. The van der Waals surface area contributed by atoms with E-state index in [0.717, 1.165) is 14.9 Å². The topological polar surface area (TPSA) is 30.0 Å². The minimum absolute atomic E-state index is 0.532. The van der Waals surface area contributed by atoms with Crippen LogP contribution in [0, 0.1) is 0 Å². The maximum absolute atomic E-state index is 12.0. The number of rotatable bonds is 3. The van der Waals surface area contributed by atoms with Crippen molar-refractivity contribution in [3.05, 3.63) is 58.8 Å². The third-order valence-corrected chi connectivity index (χ3v) is 4.05. The molecule has 0 aliphatic carbocycles. The fraction of sp³-hybridized carbons (Fsp3) is 0.0833. The summed E-state index contributed by atoms with van der Waals surface area (Å²) in [6.07, 6.45) is 3.43. The van der Waals surface area contributed by atoms with Crippen LogP contribution in [0.1, 0.15) is 5.56 Å². The first-order valence-electron chi connectivity index (χ1n) is 4.78. The van der Waals surface area contributed by atoms with Gasteiger partial charge in [0.05, 0.1) is 16.6 Å². The molecular weight excluding hydrogens is 286 g/mol. The maximum Gasteiger partial charge on any atom is 0.0574 e. The first kappa shape index (κ1) is 11.5. The third-order valence-electron chi connectivity index (χ3n) is 2.12. The van der Waals surface area contributed by atoms with Crippen LogP contribution in [0.5, 0.6) is 0 Å². The average Bonchev–Trinajstić information content (AvgIpc) is 2.31. The molecule has 0 N–H and O–H groups in total. The van der Waals surface area contributed by atoms with Crippen LogP contribution in [0.3, 0.4) is 0 Å². The smallest absolute Gasteiger partial charge is 0.0574 e. The molecule has 0 aliphatic rings. The third kappa shape index (κ3) is 3.00. The summed E-state index contributed by atoms with van der Waals surface area (Å²) in [4.78, 5) is 4.78. The molecule has 2 rings (SSSR count). The van der Waals surface area contributed by atoms with Gasteiger partial charge in [0, 0.05) is 21.8 Å². The summed E-state index contributed by atoms with van der Waals surface area (Å²) in [7, 11) is -0.991. The van der Waals surface area contributed by atoms with Gasteiger partial charge in [0.25, 0.3) is 0 Å². The average molecular weight is 296 g/mol. The lowest BCUT2D eigenvalue weighted by atomic mass is 10.3. The van der Waals surface area contributed by atoms with Crippen molar-refractivity contribution in [1.82, 2.24) is 4.98 Å². The van der Waals surface area contributed by atoms with E-state index in [1.165, 1.54) is 0 Å². The second kappa shape index (κ2) is 5.37. The fourth-order valence-corrected chi connectivity index (χ4v) is 2.67. The Bertz CT molecular complexity index is 484. The van der Waals surface area contributed by atoms with Crippen LogP contribution >= 0.6 is 15.9 Å². The number of hydrogen-bond donors (Lipinski definition) is 0. The number of pyridine rings is 1. The van der Waals surface area contributed by atoms with Gasteiger partial charge in [0.1, 0.15) is 0 Å². The number of benzene rings is 1. The van der Waals surface area contributed by atoms with Gasteiger partial charge in [-0.1, -0.05) is 15.9 Å². The van der Waals surface area contributed by atoms with Crippen molar-refractivity contribution in [2.24, 2.45) is 0 Å². The Labute approximate surface area is 105 Å². The summed E-state index contributed by atoms with van der Waals surface area (Å²) in [6, 6.07) is 11.3. The zero-order chi connectivity index (χ0) is 11.4. The largest absolute Gasteiger partial charge is 0.265 e. The quantitative estimate of drug-likeness (QED) is 0.871. The normalized spacial score (nSPS) is 12.3. The molecule has 0 aliphatic heterocycles. The number of halogens is 1. The van der Waals surface area contributed by atoms with Crippen LogP contribution in [-0.2, 0) is 16.6 Å². The molecule has 1 aromatic carbocycles. The molecule has 0 amide bonds. The van der Waals surface area contributed by atoms with Crippen LogP contribution in [0.25, 0.3) is 0 Å². The van der Waals surface area contributed by atoms with Crippen molar-refractivity contribution in [1.29, 1.82) is 0 Å². The van der Waals surface area contributed by atoms with Crippen molar-refractivity contribution in [3.8, 4) is 0 Å². The predicted octanol–water partition coefficient (Wildman–Crippen LogP) is 3.15. The van der Waals surface area contributed by atoms with E-state index in [4.69, 9.17) is 0 Å². The van der Waals surface area contributed by atoms with Gasteiger partial charge in [-0.3, -0.25) is 9.19 Å². The van der Waals surface area contributed by atoms with Crippen LogP contribution in [0.4, 0.5) is 0 Å². The van der Waals surface area contributed by atoms with E-state index in [1.54, 1.807) is 12.4 Å². The highest BCUT2D eigenvalue weighted by atomic mass is 79.9. The van der Waals surface area contributed by atoms with Crippen molar-refractivity contribution in [2.45, 2.75) is 10.6 Å². The van der Waals surface area contributed by atoms with Crippen molar-refractivity contribution >= 4 is 26.7 Å². The Kier molecular flexibility index (Phi) is 3.85. The van der Waals surface area contributed by atoms with Gasteiger partial charge in [-0.2, -0.15) is 0 Å². The molecule has 0 saturated heterocycles. The summed E-state index contributed by atoms with van der Waals surface area (Å²) in [5.74, 6) is 0.532. The van der Waals surface area contributed by atoms with Crippen LogP contribution in [0.15, 0.2) is 58.2 Å². The van der Waals surface area contributed by atoms with Crippen molar-refractivity contribution in [2.75, 3.05) is 0 Å². The Morgan fingerprint density at radius 3 is 2.31 bits per heavy atom. The summed E-state index contributed by atoms with van der Waals surface area (Å²) < 4.78 is 13.0. The lowest BCUT2D eigenvalue weighted by Crippen LogP contribution is -1.96. The van der Waals surface area contributed by atoms with E-state index in [-0.39, 0.29) is 0 Å². The molecule has 2 aromatic rings. The van der Waals surface area contributed by atoms with Crippen molar-refractivity contribution in [3.63, 3.8) is 0 Å². The van der Waals surface area contributed by atoms with Gasteiger partial charge in [-0.25, -0.2) is 0 Å². The van der Waals surface area contributed by atoms with Gasteiger partial charge in [-0.05, 0) is 42.0 Å². The van der Waals surface area contributed by atoms with E-state index >= 15 is 0 Å². The van der Waals surface area contributed by atoms with Gasteiger partial charge >= 0.3 is 0 Å². The highest BCUT2D eigenvalue weighted by molar-refractivity contribution is 9.10. The highest BCUT2D eigenvalue weighted by Crippen LogP contribution is 2.15. The van der Waals surface area contributed by atoms with Gasteiger partial charge in [0.15, 0.2) is 0 Å². The van der Waals surface area contributed by atoms with Gasteiger partial charge in [-0.15, -0.1) is 0 Å². The second-order valence-electron chi connectivity index (χ2n) is 3.30. The van der Waals surface area contributed by atoms with Gasteiger partial charge < -0.3 is 0 Å². The van der Waals surface area contributed by atoms with Crippen LogP contribution in [-0.4, -0.2) is 9.19 Å². The molecule has 1 atom stereocenters. The number of hydrogen-bond acceptors (Lipinski definition) is 2. The van der Waals surface area contributed by atoms with E-state index in [2.05, 4.69) is 20.9 Å². The van der Waals surface area contributed by atoms with Crippen LogP contribution < -0.4 is 0 Å². The maximum atomic E-state index is 12.0. The monoisotopic (exact) mass is 295 g/mol. The molecule has 0 radical (unpaired) electrons. The Hall–Kier alpha value is -1.00. The summed E-state index contributed by atoms with van der Waals surface area (Å²) >= 11 is 3.35. The predicted molar refractivity (Wildman–Crippen MR) is 68.5 cm³/mol. The fourth-order valence-electron chi connectivity index (χ4n) is 1.30. The summed E-state index contributed by atoms with van der Waals surface area (Å²) in [6.45, 7) is 0. The molecule has 1 unspecified atom stereocenters. The number of aromatic nitrogens is 1.